The van der Waals surface area contributed by atoms with Gasteiger partial charge in [0.1, 0.15) is 12.1 Å². The Labute approximate surface area is 122 Å². The van der Waals surface area contributed by atoms with E-state index in [-0.39, 0.29) is 11.9 Å². The average Bonchev–Trinajstić information content (AvgIpc) is 2.91. The second-order valence-electron chi connectivity index (χ2n) is 5.20. The minimum absolute atomic E-state index is 0.0965. The fourth-order valence-corrected chi connectivity index (χ4v) is 2.42. The first-order chi connectivity index (χ1) is 10.1. The Kier molecular flexibility index (Phi) is 3.66. The molecule has 2 aromatic rings. The molecule has 1 atom stereocenters. The summed E-state index contributed by atoms with van der Waals surface area (Å²) in [5, 5.41) is 6.54. The van der Waals surface area contributed by atoms with E-state index < -0.39 is 0 Å². The van der Waals surface area contributed by atoms with Crippen molar-refractivity contribution in [2.45, 2.75) is 32.9 Å². The lowest BCUT2D eigenvalue weighted by Gasteiger charge is -2.31. The van der Waals surface area contributed by atoms with Gasteiger partial charge in [-0.1, -0.05) is 5.16 Å². The summed E-state index contributed by atoms with van der Waals surface area (Å²) in [6.07, 6.45) is 4.25. The highest BCUT2D eigenvalue weighted by Crippen LogP contribution is 2.18. The molecule has 1 amide bonds. The number of aromatic nitrogens is 3. The van der Waals surface area contributed by atoms with Crippen molar-refractivity contribution in [3.63, 3.8) is 0 Å². The third-order valence-electron chi connectivity index (χ3n) is 3.71. The first-order valence-corrected chi connectivity index (χ1v) is 6.89. The molecule has 2 aromatic heterocycles. The zero-order valence-corrected chi connectivity index (χ0v) is 12.0. The summed E-state index contributed by atoms with van der Waals surface area (Å²) in [5.74, 6) is 1.02. The van der Waals surface area contributed by atoms with E-state index in [1.807, 2.05) is 13.1 Å². The van der Waals surface area contributed by atoms with Crippen molar-refractivity contribution in [2.75, 3.05) is 11.9 Å². The number of carbonyl (C=O) groups excluding carboxylic acids is 1. The highest BCUT2D eigenvalue weighted by Gasteiger charge is 2.26. The molecule has 0 saturated heterocycles. The first kappa shape index (κ1) is 13.7. The summed E-state index contributed by atoms with van der Waals surface area (Å²) >= 11 is 0. The molecule has 0 unspecified atom stereocenters. The van der Waals surface area contributed by atoms with Gasteiger partial charge in [0.25, 0.3) is 0 Å². The van der Waals surface area contributed by atoms with Crippen molar-refractivity contribution in [1.29, 1.82) is 0 Å². The number of hydrogen-bond donors (Lipinski definition) is 1. The molecular formula is C14H17N5O2. The van der Waals surface area contributed by atoms with Gasteiger partial charge in [0.05, 0.1) is 11.7 Å². The van der Waals surface area contributed by atoms with Gasteiger partial charge in [0.2, 0.25) is 5.91 Å². The maximum atomic E-state index is 12.3. The van der Waals surface area contributed by atoms with Crippen molar-refractivity contribution < 1.29 is 9.32 Å². The number of anilines is 1. The molecule has 3 heterocycles. The number of rotatable bonds is 3. The lowest BCUT2D eigenvalue weighted by atomic mass is 10.1. The van der Waals surface area contributed by atoms with Gasteiger partial charge in [-0.2, -0.15) is 0 Å². The van der Waals surface area contributed by atoms with Gasteiger partial charge in [0.15, 0.2) is 5.82 Å². The molecule has 3 rings (SSSR count). The third-order valence-corrected chi connectivity index (χ3v) is 3.71. The second-order valence-corrected chi connectivity index (χ2v) is 5.20. The van der Waals surface area contributed by atoms with E-state index in [1.54, 1.807) is 19.3 Å². The van der Waals surface area contributed by atoms with Crippen LogP contribution in [0, 0.1) is 6.92 Å². The molecule has 0 aromatic carbocycles. The minimum atomic E-state index is -0.259. The molecule has 1 N–H and O–H groups in total. The van der Waals surface area contributed by atoms with Crippen LogP contribution >= 0.6 is 0 Å². The number of nitrogens with zero attached hydrogens (tertiary/aromatic N) is 4. The molecule has 1 aliphatic heterocycles. The van der Waals surface area contributed by atoms with Gasteiger partial charge >= 0.3 is 0 Å². The van der Waals surface area contributed by atoms with Crippen LogP contribution in [0.25, 0.3) is 0 Å². The van der Waals surface area contributed by atoms with Gasteiger partial charge in [-0.15, -0.1) is 0 Å². The molecule has 21 heavy (non-hydrogen) atoms. The highest BCUT2D eigenvalue weighted by molar-refractivity contribution is 5.93. The molecule has 0 spiro atoms. The van der Waals surface area contributed by atoms with Crippen molar-refractivity contribution in [3.8, 4) is 0 Å². The van der Waals surface area contributed by atoms with E-state index in [0.29, 0.717) is 18.1 Å². The van der Waals surface area contributed by atoms with Crippen LogP contribution in [0.15, 0.2) is 23.1 Å². The van der Waals surface area contributed by atoms with E-state index in [9.17, 15) is 4.79 Å². The van der Waals surface area contributed by atoms with Gasteiger partial charge in [0, 0.05) is 25.4 Å². The van der Waals surface area contributed by atoms with Crippen molar-refractivity contribution >= 4 is 11.7 Å². The smallest absolute Gasteiger partial charge is 0.242 e. The Balaban J connectivity index is 1.66. The Morgan fingerprint density at radius 2 is 2.38 bits per heavy atom. The molecule has 7 heteroatoms. The van der Waals surface area contributed by atoms with Crippen LogP contribution in [-0.4, -0.2) is 38.5 Å². The van der Waals surface area contributed by atoms with E-state index in [2.05, 4.69) is 25.3 Å². The Hall–Kier alpha value is -2.28. The molecule has 0 saturated carbocycles. The van der Waals surface area contributed by atoms with Crippen molar-refractivity contribution in [3.05, 3.63) is 35.6 Å². The fourth-order valence-electron chi connectivity index (χ4n) is 2.42. The van der Waals surface area contributed by atoms with Gasteiger partial charge in [-0.25, -0.2) is 9.97 Å². The normalized spacial score (nSPS) is 16.3. The van der Waals surface area contributed by atoms with Crippen LogP contribution in [0.4, 0.5) is 5.82 Å². The van der Waals surface area contributed by atoms with Crippen LogP contribution in [0.3, 0.4) is 0 Å². The Morgan fingerprint density at radius 3 is 3.14 bits per heavy atom. The quantitative estimate of drug-likeness (QED) is 0.912. The minimum Gasteiger partial charge on any atom is -0.360 e. The summed E-state index contributed by atoms with van der Waals surface area (Å²) in [6.45, 7) is 5.14. The summed E-state index contributed by atoms with van der Waals surface area (Å²) in [7, 11) is 0. The van der Waals surface area contributed by atoms with Crippen LogP contribution < -0.4 is 5.32 Å². The lowest BCUT2D eigenvalue weighted by Crippen LogP contribution is -2.44. The number of amides is 1. The average molecular weight is 287 g/mol. The zero-order valence-electron chi connectivity index (χ0n) is 12.0. The monoisotopic (exact) mass is 287 g/mol. The number of nitrogens with one attached hydrogen (secondary N) is 1. The molecular weight excluding hydrogens is 270 g/mol. The molecule has 1 aliphatic rings. The largest absolute Gasteiger partial charge is 0.360 e. The number of aryl methyl sites for hydroxylation is 1. The van der Waals surface area contributed by atoms with E-state index >= 15 is 0 Å². The van der Waals surface area contributed by atoms with E-state index in [1.165, 1.54) is 0 Å². The molecule has 7 nitrogen and oxygen atoms in total. The van der Waals surface area contributed by atoms with Crippen LogP contribution in [-0.2, 0) is 17.8 Å². The maximum absolute atomic E-state index is 12.3. The summed E-state index contributed by atoms with van der Waals surface area (Å²) in [5.41, 5.74) is 2.15. The van der Waals surface area contributed by atoms with Crippen molar-refractivity contribution in [1.82, 2.24) is 20.0 Å². The Morgan fingerprint density at radius 1 is 1.52 bits per heavy atom. The molecule has 0 fully saturated rings. The standard InChI is InChI=1S/C14H17N5O2/c1-9-5-13(18-21-9)17-14(20)10(2)19-4-3-11-6-15-8-16-12(11)7-19/h5-6,8,10H,3-4,7H2,1-2H3,(H,17,18,20)/t10-/m1/s1. The van der Waals surface area contributed by atoms with E-state index in [4.69, 9.17) is 4.52 Å². The van der Waals surface area contributed by atoms with E-state index in [0.717, 1.165) is 24.2 Å². The molecule has 0 radical (unpaired) electrons. The van der Waals surface area contributed by atoms with Crippen molar-refractivity contribution in [2.24, 2.45) is 0 Å². The summed E-state index contributed by atoms with van der Waals surface area (Å²) < 4.78 is 4.94. The SMILES string of the molecule is Cc1cc(NC(=O)[C@@H](C)N2CCc3cncnc3C2)no1. The van der Waals surface area contributed by atoms with Gasteiger partial charge < -0.3 is 9.84 Å². The fraction of sp³-hybridized carbons (Fsp3) is 0.429. The molecule has 0 aliphatic carbocycles. The predicted molar refractivity (Wildman–Crippen MR) is 75.5 cm³/mol. The number of fused-ring (bicyclic) bond motifs is 1. The zero-order chi connectivity index (χ0) is 14.8. The Bertz CT molecular complexity index is 654. The van der Waals surface area contributed by atoms with Gasteiger partial charge in [-0.05, 0) is 25.8 Å². The first-order valence-electron chi connectivity index (χ1n) is 6.89. The predicted octanol–water partition coefficient (Wildman–Crippen LogP) is 1.16. The maximum Gasteiger partial charge on any atom is 0.242 e. The van der Waals surface area contributed by atoms with Crippen LogP contribution in [0.2, 0.25) is 0 Å². The number of hydrogen-bond acceptors (Lipinski definition) is 6. The summed E-state index contributed by atoms with van der Waals surface area (Å²) in [4.78, 5) is 22.7. The third kappa shape index (κ3) is 2.92. The molecule has 0 bridgehead atoms. The number of carbonyl (C=O) groups is 1. The topological polar surface area (TPSA) is 84.2 Å². The van der Waals surface area contributed by atoms with Crippen LogP contribution in [0.1, 0.15) is 23.9 Å². The highest BCUT2D eigenvalue weighted by atomic mass is 16.5. The second kappa shape index (κ2) is 5.61. The van der Waals surface area contributed by atoms with Gasteiger partial charge in [-0.3, -0.25) is 9.69 Å². The summed E-state index contributed by atoms with van der Waals surface area (Å²) in [6, 6.07) is 1.44. The lowest BCUT2D eigenvalue weighted by molar-refractivity contribution is -0.121. The molecule has 110 valence electrons. The van der Waals surface area contributed by atoms with Crippen LogP contribution in [0.5, 0.6) is 0 Å².